The van der Waals surface area contributed by atoms with Crippen LogP contribution in [0.2, 0.25) is 0 Å². The fraction of sp³-hybridized carbons (Fsp3) is 0.778. The second-order valence-corrected chi connectivity index (χ2v) is 9.62. The van der Waals surface area contributed by atoms with Crippen molar-refractivity contribution < 1.29 is 28.7 Å². The zero-order valence-electron chi connectivity index (χ0n) is 22.8. The fourth-order valence-corrected chi connectivity index (χ4v) is 3.82. The fourth-order valence-electron chi connectivity index (χ4n) is 3.82. The molecule has 10 nitrogen and oxygen atoms in total. The maximum absolute atomic E-state index is 11.9. The van der Waals surface area contributed by atoms with E-state index in [1.54, 1.807) is 0 Å². The Balaban J connectivity index is 2.43. The van der Waals surface area contributed by atoms with Crippen LogP contribution in [-0.4, -0.2) is 48.4 Å². The zero-order valence-corrected chi connectivity index (χ0v) is 22.8. The number of carbonyl (C=O) groups is 4. The molecule has 0 spiro atoms. The number of hydrogen-bond acceptors (Lipinski definition) is 8. The molecule has 0 saturated carbocycles. The number of cyclic esters (lactones) is 2. The minimum Gasteiger partial charge on any atom is -0.462 e. The van der Waals surface area contributed by atoms with Gasteiger partial charge in [0.05, 0.1) is 0 Å². The van der Waals surface area contributed by atoms with Gasteiger partial charge in [-0.3, -0.25) is 19.2 Å². The summed E-state index contributed by atoms with van der Waals surface area (Å²) in [6, 6.07) is 0. The van der Waals surface area contributed by atoms with Gasteiger partial charge >= 0.3 is 11.9 Å². The van der Waals surface area contributed by atoms with Crippen LogP contribution in [0.25, 0.3) is 0 Å². The molecule has 0 aromatic heterocycles. The number of hydrazone groups is 2. The van der Waals surface area contributed by atoms with Crippen molar-refractivity contribution in [3.63, 3.8) is 0 Å². The number of rotatable bonds is 0. The molecule has 210 valence electrons. The van der Waals surface area contributed by atoms with Gasteiger partial charge in [0.1, 0.15) is 19.6 Å². The van der Waals surface area contributed by atoms with Crippen LogP contribution in [-0.2, 0) is 28.7 Å². The third-order valence-electron chi connectivity index (χ3n) is 6.01. The zero-order chi connectivity index (χ0) is 27.1. The summed E-state index contributed by atoms with van der Waals surface area (Å²) in [5.41, 5.74) is 6.49. The van der Waals surface area contributed by atoms with Crippen molar-refractivity contribution in [2.75, 3.05) is 13.2 Å². The van der Waals surface area contributed by atoms with Crippen LogP contribution in [0.1, 0.15) is 123 Å². The lowest BCUT2D eigenvalue weighted by Gasteiger charge is -2.07. The molecular formula is C27H46N4O6. The summed E-state index contributed by atoms with van der Waals surface area (Å²) in [6.07, 6.45) is 13.6. The number of carbonyl (C=O) groups excluding carboxylic acids is 4. The van der Waals surface area contributed by atoms with Crippen LogP contribution < -0.4 is 10.9 Å². The Morgan fingerprint density at radius 1 is 0.514 bits per heavy atom. The highest BCUT2D eigenvalue weighted by Gasteiger charge is 2.09. The van der Waals surface area contributed by atoms with E-state index in [1.807, 2.05) is 13.8 Å². The van der Waals surface area contributed by atoms with Gasteiger partial charge in [-0.25, -0.2) is 10.9 Å². The maximum Gasteiger partial charge on any atom is 0.305 e. The lowest BCUT2D eigenvalue weighted by Crippen LogP contribution is -2.28. The highest BCUT2D eigenvalue weighted by molar-refractivity contribution is 5.97. The molecule has 1 aliphatic heterocycles. The Kier molecular flexibility index (Phi) is 18.6. The van der Waals surface area contributed by atoms with E-state index in [1.165, 1.54) is 0 Å². The summed E-state index contributed by atoms with van der Waals surface area (Å²) < 4.78 is 10.3. The third kappa shape index (κ3) is 20.0. The molecule has 0 fully saturated rings. The molecule has 0 unspecified atom stereocenters. The summed E-state index contributed by atoms with van der Waals surface area (Å²) in [5, 5.41) is 8.14. The van der Waals surface area contributed by atoms with Crippen LogP contribution >= 0.6 is 0 Å². The van der Waals surface area contributed by atoms with Gasteiger partial charge in [0.25, 0.3) is 0 Å². The standard InChI is InChI=1S/C27H46N4O6/c1-22-15-11-7-3-5-9-13-17-26(34)36-19-20-37-27(35)18-14-10-6-4-8-12-16-23(2)29-31-25(33)21-24(32)30-28-22/h3-21H2,1-2H3,(H,30,32)(H,31,33)/b28-22-,29-23?. The Morgan fingerprint density at radius 3 is 1.22 bits per heavy atom. The summed E-state index contributed by atoms with van der Waals surface area (Å²) in [6.45, 7) is 3.92. The molecule has 0 aromatic carbocycles. The predicted molar refractivity (Wildman–Crippen MR) is 143 cm³/mol. The number of ether oxygens (including phenoxy) is 2. The highest BCUT2D eigenvalue weighted by atomic mass is 16.6. The highest BCUT2D eigenvalue weighted by Crippen LogP contribution is 2.11. The van der Waals surface area contributed by atoms with Crippen molar-refractivity contribution in [3.05, 3.63) is 0 Å². The van der Waals surface area contributed by atoms with Gasteiger partial charge in [-0.1, -0.05) is 51.4 Å². The molecule has 0 radical (unpaired) electrons. The average molecular weight is 523 g/mol. The molecule has 37 heavy (non-hydrogen) atoms. The second-order valence-electron chi connectivity index (χ2n) is 9.62. The molecule has 0 saturated heterocycles. The minimum absolute atomic E-state index is 0.109. The van der Waals surface area contributed by atoms with Crippen molar-refractivity contribution in [3.8, 4) is 0 Å². The van der Waals surface area contributed by atoms with Gasteiger partial charge in [-0.15, -0.1) is 0 Å². The van der Waals surface area contributed by atoms with Crippen LogP contribution in [0.5, 0.6) is 0 Å². The molecular weight excluding hydrogens is 476 g/mol. The number of nitrogens with zero attached hydrogens (tertiary/aromatic N) is 2. The first-order valence-corrected chi connectivity index (χ1v) is 13.8. The molecule has 1 heterocycles. The Hall–Kier alpha value is -2.78. The van der Waals surface area contributed by atoms with E-state index >= 15 is 0 Å². The van der Waals surface area contributed by atoms with E-state index in [4.69, 9.17) is 9.47 Å². The van der Waals surface area contributed by atoms with Gasteiger partial charge in [-0.2, -0.15) is 10.2 Å². The van der Waals surface area contributed by atoms with Crippen LogP contribution in [0, 0.1) is 0 Å². The summed E-state index contributed by atoms with van der Waals surface area (Å²) in [4.78, 5) is 47.5. The first-order valence-electron chi connectivity index (χ1n) is 13.8. The summed E-state index contributed by atoms with van der Waals surface area (Å²) in [7, 11) is 0. The largest absolute Gasteiger partial charge is 0.462 e. The van der Waals surface area contributed by atoms with Gasteiger partial charge in [0.2, 0.25) is 11.8 Å². The van der Waals surface area contributed by atoms with Crippen molar-refractivity contribution in [1.29, 1.82) is 0 Å². The van der Waals surface area contributed by atoms with Gasteiger partial charge in [0, 0.05) is 24.3 Å². The predicted octanol–water partition coefficient (Wildman–Crippen LogP) is 4.70. The number of nitrogens with one attached hydrogen (secondary N) is 2. The third-order valence-corrected chi connectivity index (χ3v) is 6.01. The number of hydrogen-bond donors (Lipinski definition) is 2. The summed E-state index contributed by atoms with van der Waals surface area (Å²) in [5.74, 6) is -1.43. The van der Waals surface area contributed by atoms with E-state index < -0.39 is 11.8 Å². The Bertz CT molecular complexity index is 704. The second kappa shape index (κ2) is 21.3. The lowest BCUT2D eigenvalue weighted by molar-refractivity contribution is -0.152. The Labute approximate surface area is 221 Å². The van der Waals surface area contributed by atoms with Crippen molar-refractivity contribution in [2.45, 2.75) is 123 Å². The van der Waals surface area contributed by atoms with Crippen LogP contribution in [0.4, 0.5) is 0 Å². The van der Waals surface area contributed by atoms with Crippen molar-refractivity contribution >= 4 is 35.2 Å². The van der Waals surface area contributed by atoms with E-state index in [2.05, 4.69) is 21.1 Å². The van der Waals surface area contributed by atoms with Crippen LogP contribution in [0.15, 0.2) is 10.2 Å². The molecule has 10 heteroatoms. The maximum atomic E-state index is 11.9. The van der Waals surface area contributed by atoms with Gasteiger partial charge in [-0.05, 0) is 52.4 Å². The lowest BCUT2D eigenvalue weighted by atomic mass is 10.1. The molecule has 1 aliphatic rings. The smallest absolute Gasteiger partial charge is 0.305 e. The normalized spacial score (nSPS) is 22.5. The number of amides is 2. The Morgan fingerprint density at radius 2 is 0.838 bits per heavy atom. The van der Waals surface area contributed by atoms with Crippen molar-refractivity contribution in [1.82, 2.24) is 10.9 Å². The van der Waals surface area contributed by atoms with Gasteiger partial charge in [0.15, 0.2) is 0 Å². The average Bonchev–Trinajstić information content (AvgIpc) is 2.86. The van der Waals surface area contributed by atoms with E-state index in [0.29, 0.717) is 12.8 Å². The molecule has 0 aromatic rings. The first kappa shape index (κ1) is 32.2. The molecule has 1 rings (SSSR count). The summed E-state index contributed by atoms with van der Waals surface area (Å²) >= 11 is 0. The first-order chi connectivity index (χ1) is 17.9. The van der Waals surface area contributed by atoms with Crippen molar-refractivity contribution in [2.24, 2.45) is 10.2 Å². The molecule has 0 aliphatic carbocycles. The van der Waals surface area contributed by atoms with E-state index in [-0.39, 0.29) is 31.6 Å². The topological polar surface area (TPSA) is 136 Å². The quantitative estimate of drug-likeness (QED) is 0.350. The SMILES string of the molecule is CC1=NNC(=O)CC(=O)N/N=C(/C)CCCCCCCCC(=O)OCCOC(=O)CCCCCCCC1. The monoisotopic (exact) mass is 522 g/mol. The number of esters is 2. The van der Waals surface area contributed by atoms with E-state index in [9.17, 15) is 19.2 Å². The molecule has 0 bridgehead atoms. The van der Waals surface area contributed by atoms with Gasteiger partial charge < -0.3 is 9.47 Å². The molecule has 2 amide bonds. The molecule has 2 N–H and O–H groups in total. The molecule has 0 atom stereocenters. The minimum atomic E-state index is -0.466. The van der Waals surface area contributed by atoms with E-state index in [0.717, 1.165) is 101 Å². The van der Waals surface area contributed by atoms with Crippen LogP contribution in [0.3, 0.4) is 0 Å².